The Morgan fingerprint density at radius 1 is 1.43 bits per heavy atom. The summed E-state index contributed by atoms with van der Waals surface area (Å²) < 4.78 is 0. The van der Waals surface area contributed by atoms with Gasteiger partial charge in [-0.25, -0.2) is 9.97 Å². The summed E-state index contributed by atoms with van der Waals surface area (Å²) in [5.41, 5.74) is 6.85. The zero-order valence-electron chi connectivity index (χ0n) is 11.8. The summed E-state index contributed by atoms with van der Waals surface area (Å²) in [6.45, 7) is 4.35. The van der Waals surface area contributed by atoms with Crippen LogP contribution in [0.2, 0.25) is 0 Å². The number of carbonyl (C=O) groups excluding carboxylic acids is 1. The maximum atomic E-state index is 12.2. The average molecular weight is 323 g/mol. The third-order valence-electron chi connectivity index (χ3n) is 3.29. The quantitative estimate of drug-likeness (QED) is 0.899. The van der Waals surface area contributed by atoms with Gasteiger partial charge in [-0.15, -0.1) is 11.3 Å². The first kappa shape index (κ1) is 14.3. The molecule has 112 valence electrons. The van der Waals surface area contributed by atoms with Crippen LogP contribution in [0.15, 0.2) is 5.38 Å². The number of nitrogen functional groups attached to an aromatic ring is 1. The maximum Gasteiger partial charge on any atom is 0.265 e. The summed E-state index contributed by atoms with van der Waals surface area (Å²) in [6.07, 6.45) is 2.34. The van der Waals surface area contributed by atoms with Gasteiger partial charge in [-0.2, -0.15) is 0 Å². The molecule has 3 rings (SSSR count). The van der Waals surface area contributed by atoms with Crippen molar-refractivity contribution in [2.75, 3.05) is 23.7 Å². The van der Waals surface area contributed by atoms with Crippen molar-refractivity contribution in [3.05, 3.63) is 21.0 Å². The molecule has 1 fully saturated rings. The SMILES string of the molecule is Cc1csc(CNC(=O)c2sc(N3CCCC3)nc2N)n1. The molecule has 0 spiro atoms. The molecular weight excluding hydrogens is 306 g/mol. The monoisotopic (exact) mass is 323 g/mol. The summed E-state index contributed by atoms with van der Waals surface area (Å²) in [6, 6.07) is 0. The highest BCUT2D eigenvalue weighted by Gasteiger charge is 2.21. The molecule has 0 bridgehead atoms. The smallest absolute Gasteiger partial charge is 0.265 e. The van der Waals surface area contributed by atoms with E-state index in [2.05, 4.69) is 20.2 Å². The predicted molar refractivity (Wildman–Crippen MR) is 86.0 cm³/mol. The maximum absolute atomic E-state index is 12.2. The van der Waals surface area contributed by atoms with Crippen LogP contribution in [0.4, 0.5) is 10.9 Å². The number of thiazole rings is 2. The van der Waals surface area contributed by atoms with Crippen LogP contribution >= 0.6 is 22.7 Å². The lowest BCUT2D eigenvalue weighted by Crippen LogP contribution is -2.22. The normalized spacial score (nSPS) is 14.6. The second-order valence-electron chi connectivity index (χ2n) is 4.97. The van der Waals surface area contributed by atoms with Crippen molar-refractivity contribution in [3.63, 3.8) is 0 Å². The molecule has 1 aliphatic heterocycles. The van der Waals surface area contributed by atoms with E-state index in [1.165, 1.54) is 35.5 Å². The molecule has 0 saturated carbocycles. The van der Waals surface area contributed by atoms with Crippen LogP contribution in [0, 0.1) is 6.92 Å². The number of hydrogen-bond acceptors (Lipinski definition) is 7. The van der Waals surface area contributed by atoms with Crippen LogP contribution < -0.4 is 16.0 Å². The molecule has 2 aromatic heterocycles. The molecule has 3 N–H and O–H groups in total. The second-order valence-corrected chi connectivity index (χ2v) is 6.89. The molecule has 0 aliphatic carbocycles. The van der Waals surface area contributed by atoms with Gasteiger partial charge in [0, 0.05) is 24.2 Å². The molecule has 0 radical (unpaired) electrons. The Morgan fingerprint density at radius 2 is 2.19 bits per heavy atom. The molecule has 8 heteroatoms. The Kier molecular flexibility index (Phi) is 4.07. The minimum absolute atomic E-state index is 0.178. The predicted octanol–water partition coefficient (Wildman–Crippen LogP) is 2.02. The molecule has 0 atom stereocenters. The number of anilines is 2. The topological polar surface area (TPSA) is 84.1 Å². The minimum atomic E-state index is -0.178. The molecule has 0 unspecified atom stereocenters. The van der Waals surface area contributed by atoms with E-state index >= 15 is 0 Å². The zero-order valence-corrected chi connectivity index (χ0v) is 13.4. The summed E-state index contributed by atoms with van der Waals surface area (Å²) >= 11 is 2.90. The Labute approximate surface area is 131 Å². The molecule has 1 saturated heterocycles. The van der Waals surface area contributed by atoms with E-state index in [9.17, 15) is 4.79 Å². The van der Waals surface area contributed by atoms with E-state index in [0.29, 0.717) is 17.2 Å². The fourth-order valence-corrected chi connectivity index (χ4v) is 3.91. The lowest BCUT2D eigenvalue weighted by atomic mass is 10.4. The van der Waals surface area contributed by atoms with Crippen LogP contribution in [0.5, 0.6) is 0 Å². The van der Waals surface area contributed by atoms with Gasteiger partial charge < -0.3 is 16.0 Å². The molecule has 2 aromatic rings. The second kappa shape index (κ2) is 5.98. The number of nitrogens with zero attached hydrogens (tertiary/aromatic N) is 3. The fourth-order valence-electron chi connectivity index (χ4n) is 2.25. The van der Waals surface area contributed by atoms with Crippen molar-refractivity contribution in [1.82, 2.24) is 15.3 Å². The van der Waals surface area contributed by atoms with Gasteiger partial charge in [0.15, 0.2) is 5.13 Å². The Balaban J connectivity index is 1.66. The van der Waals surface area contributed by atoms with E-state index in [1.54, 1.807) is 0 Å². The van der Waals surface area contributed by atoms with Gasteiger partial charge in [0.2, 0.25) is 0 Å². The lowest BCUT2D eigenvalue weighted by molar-refractivity contribution is 0.0955. The van der Waals surface area contributed by atoms with Gasteiger partial charge in [0.25, 0.3) is 5.91 Å². The first-order chi connectivity index (χ1) is 10.1. The number of aryl methyl sites for hydroxylation is 1. The number of carbonyl (C=O) groups is 1. The Bertz CT molecular complexity index is 645. The van der Waals surface area contributed by atoms with Crippen LogP contribution in [0.1, 0.15) is 33.2 Å². The number of hydrogen-bond donors (Lipinski definition) is 2. The summed E-state index contributed by atoms with van der Waals surface area (Å²) in [7, 11) is 0. The van der Waals surface area contributed by atoms with E-state index in [4.69, 9.17) is 5.73 Å². The highest BCUT2D eigenvalue weighted by atomic mass is 32.1. The molecule has 6 nitrogen and oxygen atoms in total. The first-order valence-electron chi connectivity index (χ1n) is 6.84. The average Bonchev–Trinajstić information content (AvgIpc) is 3.16. The van der Waals surface area contributed by atoms with Gasteiger partial charge in [-0.3, -0.25) is 4.79 Å². The third-order valence-corrected chi connectivity index (χ3v) is 5.39. The van der Waals surface area contributed by atoms with Crippen molar-refractivity contribution in [2.45, 2.75) is 26.3 Å². The molecular formula is C13H17N5OS2. The largest absolute Gasteiger partial charge is 0.382 e. The summed E-state index contributed by atoms with van der Waals surface area (Å²) in [5, 5.41) is 6.56. The van der Waals surface area contributed by atoms with Gasteiger partial charge in [-0.1, -0.05) is 11.3 Å². The summed E-state index contributed by atoms with van der Waals surface area (Å²) in [4.78, 5) is 23.5. The molecule has 1 amide bonds. The number of amides is 1. The number of rotatable bonds is 4. The van der Waals surface area contributed by atoms with Gasteiger partial charge in [0.1, 0.15) is 15.7 Å². The van der Waals surface area contributed by atoms with E-state index < -0.39 is 0 Å². The Hall–Kier alpha value is -1.67. The van der Waals surface area contributed by atoms with Crippen LogP contribution in [0.3, 0.4) is 0 Å². The van der Waals surface area contributed by atoms with Crippen molar-refractivity contribution in [3.8, 4) is 0 Å². The zero-order chi connectivity index (χ0) is 14.8. The van der Waals surface area contributed by atoms with Gasteiger partial charge >= 0.3 is 0 Å². The molecule has 3 heterocycles. The van der Waals surface area contributed by atoms with Crippen LogP contribution in [0.25, 0.3) is 0 Å². The lowest BCUT2D eigenvalue weighted by Gasteiger charge is -2.11. The van der Waals surface area contributed by atoms with Gasteiger partial charge in [0.05, 0.1) is 6.54 Å². The van der Waals surface area contributed by atoms with Gasteiger partial charge in [-0.05, 0) is 19.8 Å². The first-order valence-corrected chi connectivity index (χ1v) is 8.53. The van der Waals surface area contributed by atoms with Crippen molar-refractivity contribution in [2.24, 2.45) is 0 Å². The molecule has 21 heavy (non-hydrogen) atoms. The standard InChI is InChI=1S/C13H17N5OS2/c1-8-7-20-9(16-8)6-15-12(19)10-11(14)17-13(21-10)18-4-2-3-5-18/h7H,2-6,14H2,1H3,(H,15,19). The van der Waals surface area contributed by atoms with Crippen molar-refractivity contribution < 1.29 is 4.79 Å². The van der Waals surface area contributed by atoms with E-state index in [-0.39, 0.29) is 5.91 Å². The Morgan fingerprint density at radius 3 is 2.86 bits per heavy atom. The highest BCUT2D eigenvalue weighted by Crippen LogP contribution is 2.30. The van der Waals surface area contributed by atoms with E-state index in [1.807, 2.05) is 12.3 Å². The van der Waals surface area contributed by atoms with Crippen LogP contribution in [-0.4, -0.2) is 29.0 Å². The molecule has 0 aromatic carbocycles. The summed E-state index contributed by atoms with van der Waals surface area (Å²) in [5.74, 6) is 0.137. The van der Waals surface area contributed by atoms with Crippen LogP contribution in [-0.2, 0) is 6.54 Å². The highest BCUT2D eigenvalue weighted by molar-refractivity contribution is 7.18. The third kappa shape index (κ3) is 3.16. The van der Waals surface area contributed by atoms with Crippen molar-refractivity contribution in [1.29, 1.82) is 0 Å². The number of nitrogens with two attached hydrogens (primary N) is 1. The minimum Gasteiger partial charge on any atom is -0.382 e. The van der Waals surface area contributed by atoms with E-state index in [0.717, 1.165) is 28.9 Å². The van der Waals surface area contributed by atoms with Crippen molar-refractivity contribution >= 4 is 39.5 Å². The number of nitrogens with one attached hydrogen (secondary N) is 1. The molecule has 1 aliphatic rings. The number of aromatic nitrogens is 2. The fraction of sp³-hybridized carbons (Fsp3) is 0.462.